The molecule has 0 bridgehead atoms. The monoisotopic (exact) mass is 380 g/mol. The van der Waals surface area contributed by atoms with Crippen molar-refractivity contribution in [1.82, 2.24) is 9.97 Å². The number of amides is 1. The smallest absolute Gasteiger partial charge is 0.274 e. The van der Waals surface area contributed by atoms with E-state index in [1.165, 1.54) is 0 Å². The van der Waals surface area contributed by atoms with Gasteiger partial charge in [0.1, 0.15) is 17.3 Å². The summed E-state index contributed by atoms with van der Waals surface area (Å²) in [5.41, 5.74) is 0.843. The van der Waals surface area contributed by atoms with Crippen LogP contribution in [-0.4, -0.2) is 29.0 Å². The Morgan fingerprint density at radius 1 is 1.04 bits per heavy atom. The largest absolute Gasteiger partial charge is 0.357 e. The summed E-state index contributed by atoms with van der Waals surface area (Å²) in [6.45, 7) is 7.79. The van der Waals surface area contributed by atoms with Crippen molar-refractivity contribution >= 4 is 40.6 Å². The van der Waals surface area contributed by atoms with Gasteiger partial charge in [0, 0.05) is 34.9 Å². The average molecular weight is 381 g/mol. The van der Waals surface area contributed by atoms with Crippen LogP contribution in [0, 0.1) is 6.92 Å². The van der Waals surface area contributed by atoms with E-state index in [4.69, 9.17) is 23.2 Å². The Morgan fingerprint density at radius 2 is 1.64 bits per heavy atom. The summed E-state index contributed by atoms with van der Waals surface area (Å²) in [4.78, 5) is 23.5. The molecular formula is C18H22Cl2N4O. The van der Waals surface area contributed by atoms with E-state index in [1.54, 1.807) is 31.2 Å². The van der Waals surface area contributed by atoms with E-state index < -0.39 is 0 Å². The molecule has 0 spiro atoms. The van der Waals surface area contributed by atoms with Crippen molar-refractivity contribution in [3.63, 3.8) is 0 Å². The van der Waals surface area contributed by atoms with Crippen LogP contribution >= 0.6 is 23.2 Å². The number of rotatable bonds is 7. The molecule has 0 aliphatic rings. The van der Waals surface area contributed by atoms with Gasteiger partial charge in [-0.25, -0.2) is 9.97 Å². The maximum absolute atomic E-state index is 12.6. The maximum atomic E-state index is 12.6. The second kappa shape index (κ2) is 9.02. The molecule has 0 atom stereocenters. The van der Waals surface area contributed by atoms with Crippen molar-refractivity contribution in [2.24, 2.45) is 0 Å². The van der Waals surface area contributed by atoms with Gasteiger partial charge in [0.15, 0.2) is 0 Å². The van der Waals surface area contributed by atoms with Crippen LogP contribution in [0.15, 0.2) is 24.3 Å². The summed E-state index contributed by atoms with van der Waals surface area (Å²) in [6.07, 6.45) is 2.01. The third-order valence-electron chi connectivity index (χ3n) is 3.49. The number of nitrogens with zero attached hydrogens (tertiary/aromatic N) is 3. The highest BCUT2D eigenvalue weighted by Gasteiger charge is 2.14. The number of carbonyl (C=O) groups excluding carboxylic acids is 1. The molecule has 1 aromatic heterocycles. The molecule has 1 amide bonds. The van der Waals surface area contributed by atoms with E-state index in [0.717, 1.165) is 31.7 Å². The molecule has 25 heavy (non-hydrogen) atoms. The Morgan fingerprint density at radius 3 is 2.20 bits per heavy atom. The minimum absolute atomic E-state index is 0.316. The number of anilines is 2. The lowest BCUT2D eigenvalue weighted by atomic mass is 10.2. The standard InChI is InChI=1S/C18H22Cl2N4O/c1-4-6-24(7-5-2)17-11-16(21-12(3)22-17)18(25)23-15-9-13(19)8-14(20)10-15/h8-11H,4-7H2,1-3H3,(H,23,25). The Bertz CT molecular complexity index is 726. The van der Waals surface area contributed by atoms with Crippen molar-refractivity contribution in [3.05, 3.63) is 45.8 Å². The summed E-state index contributed by atoms with van der Waals surface area (Å²) >= 11 is 11.9. The molecule has 7 heteroatoms. The van der Waals surface area contributed by atoms with Gasteiger partial charge < -0.3 is 10.2 Å². The van der Waals surface area contributed by atoms with Crippen LogP contribution in [-0.2, 0) is 0 Å². The van der Waals surface area contributed by atoms with Gasteiger partial charge in [0.2, 0.25) is 0 Å². The second-order valence-corrected chi connectivity index (χ2v) is 6.63. The predicted molar refractivity (Wildman–Crippen MR) is 104 cm³/mol. The fourth-order valence-corrected chi connectivity index (χ4v) is 3.06. The van der Waals surface area contributed by atoms with Gasteiger partial charge in [-0.3, -0.25) is 4.79 Å². The molecular weight excluding hydrogens is 359 g/mol. The molecule has 0 fully saturated rings. The number of benzene rings is 1. The van der Waals surface area contributed by atoms with Gasteiger partial charge in [-0.15, -0.1) is 0 Å². The number of nitrogens with one attached hydrogen (secondary N) is 1. The van der Waals surface area contributed by atoms with Gasteiger partial charge in [0.05, 0.1) is 0 Å². The Balaban J connectivity index is 2.27. The van der Waals surface area contributed by atoms with Crippen molar-refractivity contribution in [3.8, 4) is 0 Å². The molecule has 1 aromatic carbocycles. The molecule has 0 radical (unpaired) electrons. The summed E-state index contributed by atoms with van der Waals surface area (Å²) < 4.78 is 0. The maximum Gasteiger partial charge on any atom is 0.274 e. The fraction of sp³-hybridized carbons (Fsp3) is 0.389. The van der Waals surface area contributed by atoms with Crippen LogP contribution in [0.5, 0.6) is 0 Å². The van der Waals surface area contributed by atoms with Gasteiger partial charge >= 0.3 is 0 Å². The van der Waals surface area contributed by atoms with E-state index in [9.17, 15) is 4.79 Å². The molecule has 1 heterocycles. The summed E-state index contributed by atoms with van der Waals surface area (Å²) in [6, 6.07) is 6.61. The average Bonchev–Trinajstić information content (AvgIpc) is 2.53. The van der Waals surface area contributed by atoms with E-state index in [1.807, 2.05) is 0 Å². The van der Waals surface area contributed by atoms with Gasteiger partial charge in [0.25, 0.3) is 5.91 Å². The van der Waals surface area contributed by atoms with Crippen LogP contribution < -0.4 is 10.2 Å². The predicted octanol–water partition coefficient (Wildman–Crippen LogP) is 4.97. The molecule has 0 unspecified atom stereocenters. The normalized spacial score (nSPS) is 10.6. The SMILES string of the molecule is CCCN(CCC)c1cc(C(=O)Nc2cc(Cl)cc(Cl)c2)nc(C)n1. The van der Waals surface area contributed by atoms with E-state index in [2.05, 4.69) is 34.0 Å². The second-order valence-electron chi connectivity index (χ2n) is 5.76. The first-order chi connectivity index (χ1) is 11.9. The highest BCUT2D eigenvalue weighted by Crippen LogP contribution is 2.23. The highest BCUT2D eigenvalue weighted by atomic mass is 35.5. The minimum atomic E-state index is -0.321. The number of carbonyl (C=O) groups is 1. The quantitative estimate of drug-likeness (QED) is 0.736. The van der Waals surface area contributed by atoms with Crippen molar-refractivity contribution in [2.45, 2.75) is 33.6 Å². The molecule has 2 rings (SSSR count). The summed E-state index contributed by atoms with van der Waals surface area (Å²) in [7, 11) is 0. The lowest BCUT2D eigenvalue weighted by Crippen LogP contribution is -2.27. The van der Waals surface area contributed by atoms with Crippen LogP contribution in [0.25, 0.3) is 0 Å². The topological polar surface area (TPSA) is 58.1 Å². The van der Waals surface area contributed by atoms with E-state index in [-0.39, 0.29) is 5.91 Å². The van der Waals surface area contributed by atoms with Crippen LogP contribution in [0.2, 0.25) is 10.0 Å². The Hall–Kier alpha value is -1.85. The Kier molecular flexibility index (Phi) is 7.02. The molecule has 5 nitrogen and oxygen atoms in total. The molecule has 1 N–H and O–H groups in total. The third kappa shape index (κ3) is 5.58. The van der Waals surface area contributed by atoms with Gasteiger partial charge in [-0.2, -0.15) is 0 Å². The number of aryl methyl sites for hydroxylation is 1. The molecule has 134 valence electrons. The van der Waals surface area contributed by atoms with Gasteiger partial charge in [-0.1, -0.05) is 37.0 Å². The minimum Gasteiger partial charge on any atom is -0.357 e. The summed E-state index contributed by atoms with van der Waals surface area (Å²) in [5, 5.41) is 3.70. The molecule has 0 aliphatic carbocycles. The number of halogens is 2. The van der Waals surface area contributed by atoms with Crippen LogP contribution in [0.1, 0.15) is 43.0 Å². The number of hydrogen-bond acceptors (Lipinski definition) is 4. The first kappa shape index (κ1) is 19.5. The third-order valence-corrected chi connectivity index (χ3v) is 3.92. The first-order valence-corrected chi connectivity index (χ1v) is 9.06. The lowest BCUT2D eigenvalue weighted by molar-refractivity contribution is 0.102. The fourth-order valence-electron chi connectivity index (χ4n) is 2.53. The van der Waals surface area contributed by atoms with E-state index in [0.29, 0.717) is 27.3 Å². The Labute approximate surface area is 158 Å². The van der Waals surface area contributed by atoms with Crippen LogP contribution in [0.4, 0.5) is 11.5 Å². The van der Waals surface area contributed by atoms with Crippen molar-refractivity contribution < 1.29 is 4.79 Å². The number of aromatic nitrogens is 2. The zero-order chi connectivity index (χ0) is 18.4. The number of hydrogen-bond donors (Lipinski definition) is 1. The first-order valence-electron chi connectivity index (χ1n) is 8.31. The van der Waals surface area contributed by atoms with Gasteiger partial charge in [-0.05, 0) is 38.0 Å². The van der Waals surface area contributed by atoms with Crippen LogP contribution in [0.3, 0.4) is 0 Å². The highest BCUT2D eigenvalue weighted by molar-refractivity contribution is 6.35. The van der Waals surface area contributed by atoms with Crippen molar-refractivity contribution in [1.29, 1.82) is 0 Å². The molecule has 0 saturated carbocycles. The van der Waals surface area contributed by atoms with Crippen molar-refractivity contribution in [2.75, 3.05) is 23.3 Å². The lowest BCUT2D eigenvalue weighted by Gasteiger charge is -2.23. The zero-order valence-corrected chi connectivity index (χ0v) is 16.2. The summed E-state index contributed by atoms with van der Waals surface area (Å²) in [5.74, 6) is 1.01. The van der Waals surface area contributed by atoms with E-state index >= 15 is 0 Å². The zero-order valence-electron chi connectivity index (χ0n) is 14.6. The molecule has 0 saturated heterocycles. The molecule has 0 aliphatic heterocycles. The molecule has 2 aromatic rings.